The van der Waals surface area contributed by atoms with Crippen molar-refractivity contribution >= 4 is 27.3 Å². The lowest BCUT2D eigenvalue weighted by Crippen LogP contribution is -2.42. The topological polar surface area (TPSA) is 95.7 Å². The molecule has 2 aromatic heterocycles. The van der Waals surface area contributed by atoms with Gasteiger partial charge in [-0.05, 0) is 37.4 Å². The smallest absolute Gasteiger partial charge is 0.250 e. The summed E-state index contributed by atoms with van der Waals surface area (Å²) in [6.45, 7) is 4.52. The molecule has 0 aliphatic heterocycles. The third-order valence-corrected chi connectivity index (χ3v) is 6.09. The average Bonchev–Trinajstić information content (AvgIpc) is 3.21. The highest BCUT2D eigenvalue weighted by atomic mass is 32.2. The Hall–Kier alpha value is -1.84. The zero-order chi connectivity index (χ0) is 17.6. The van der Waals surface area contributed by atoms with Crippen molar-refractivity contribution in [3.8, 4) is 0 Å². The summed E-state index contributed by atoms with van der Waals surface area (Å²) in [5.41, 5.74) is 0. The van der Waals surface area contributed by atoms with E-state index in [0.717, 1.165) is 11.5 Å². The highest BCUT2D eigenvalue weighted by Crippen LogP contribution is 2.15. The van der Waals surface area contributed by atoms with E-state index < -0.39 is 10.0 Å². The zero-order valence-corrected chi connectivity index (χ0v) is 15.5. The Kier molecular flexibility index (Phi) is 6.41. The summed E-state index contributed by atoms with van der Waals surface area (Å²) in [4.78, 5) is 4.12. The second-order valence-corrected chi connectivity index (χ2v) is 8.08. The molecule has 0 aliphatic rings. The molecule has 132 valence electrons. The molecule has 0 amide bonds. The lowest BCUT2D eigenvalue weighted by molar-refractivity contribution is 0.441. The molecule has 24 heavy (non-hydrogen) atoms. The molecule has 9 heteroatoms. The molecule has 1 unspecified atom stereocenters. The predicted molar refractivity (Wildman–Crippen MR) is 95.9 cm³/mol. The second-order valence-electron chi connectivity index (χ2n) is 5.14. The fourth-order valence-corrected chi connectivity index (χ4v) is 4.08. The van der Waals surface area contributed by atoms with E-state index in [4.69, 9.17) is 4.42 Å². The first-order valence-corrected chi connectivity index (χ1v) is 9.85. The van der Waals surface area contributed by atoms with Crippen molar-refractivity contribution in [3.05, 3.63) is 41.2 Å². The van der Waals surface area contributed by atoms with Crippen LogP contribution in [-0.2, 0) is 10.0 Å². The number of thiophene rings is 1. The van der Waals surface area contributed by atoms with Gasteiger partial charge >= 0.3 is 0 Å². The summed E-state index contributed by atoms with van der Waals surface area (Å²) in [6.07, 6.45) is 0. The fraction of sp³-hybridized carbons (Fsp3) is 0.400. The molecular formula is C15H22N4O3S2. The monoisotopic (exact) mass is 370 g/mol. The molecule has 0 aromatic carbocycles. The molecular weight excluding hydrogens is 348 g/mol. The second kappa shape index (κ2) is 8.32. The van der Waals surface area contributed by atoms with Crippen LogP contribution in [0.25, 0.3) is 0 Å². The van der Waals surface area contributed by atoms with Gasteiger partial charge in [0, 0.05) is 20.1 Å². The van der Waals surface area contributed by atoms with Gasteiger partial charge in [-0.25, -0.2) is 13.1 Å². The largest absolute Gasteiger partial charge is 0.464 e. The minimum Gasteiger partial charge on any atom is -0.464 e. The Morgan fingerprint density at radius 2 is 2.12 bits per heavy atom. The number of nitrogens with one attached hydrogen (secondary N) is 3. The van der Waals surface area contributed by atoms with Crippen molar-refractivity contribution in [2.45, 2.75) is 24.1 Å². The summed E-state index contributed by atoms with van der Waals surface area (Å²) in [5, 5.41) is 7.99. The van der Waals surface area contributed by atoms with Crippen molar-refractivity contribution in [2.24, 2.45) is 4.99 Å². The maximum Gasteiger partial charge on any atom is 0.250 e. The normalized spacial score (nSPS) is 13.7. The van der Waals surface area contributed by atoms with Crippen LogP contribution >= 0.6 is 11.3 Å². The van der Waals surface area contributed by atoms with E-state index in [2.05, 4.69) is 20.3 Å². The summed E-state index contributed by atoms with van der Waals surface area (Å²) in [7, 11) is -1.77. The van der Waals surface area contributed by atoms with Gasteiger partial charge in [-0.1, -0.05) is 6.07 Å². The van der Waals surface area contributed by atoms with Crippen LogP contribution in [0.15, 0.2) is 43.3 Å². The molecule has 3 N–H and O–H groups in total. The first-order chi connectivity index (χ1) is 11.4. The van der Waals surface area contributed by atoms with Gasteiger partial charge in [-0.15, -0.1) is 11.3 Å². The molecule has 2 aromatic rings. The van der Waals surface area contributed by atoms with Crippen LogP contribution in [0.4, 0.5) is 0 Å². The third kappa shape index (κ3) is 5.08. The Labute approximate surface area is 146 Å². The number of nitrogens with zero attached hydrogens (tertiary/aromatic N) is 1. The minimum absolute atomic E-state index is 0.0484. The van der Waals surface area contributed by atoms with Gasteiger partial charge in [0.15, 0.2) is 5.96 Å². The first kappa shape index (κ1) is 18.5. The van der Waals surface area contributed by atoms with Crippen LogP contribution < -0.4 is 15.4 Å². The first-order valence-electron chi connectivity index (χ1n) is 7.49. The molecule has 0 saturated carbocycles. The van der Waals surface area contributed by atoms with E-state index in [1.165, 1.54) is 11.3 Å². The molecule has 2 heterocycles. The van der Waals surface area contributed by atoms with E-state index in [1.807, 2.05) is 26.0 Å². The molecule has 7 nitrogen and oxygen atoms in total. The van der Waals surface area contributed by atoms with Crippen molar-refractivity contribution < 1.29 is 12.8 Å². The van der Waals surface area contributed by atoms with Crippen molar-refractivity contribution in [3.63, 3.8) is 0 Å². The van der Waals surface area contributed by atoms with Gasteiger partial charge in [0.25, 0.3) is 0 Å². The lowest BCUT2D eigenvalue weighted by atomic mass is 10.2. The number of hydrogen-bond donors (Lipinski definition) is 3. The van der Waals surface area contributed by atoms with Gasteiger partial charge in [0.05, 0.1) is 6.04 Å². The van der Waals surface area contributed by atoms with Gasteiger partial charge in [-0.2, -0.15) is 0 Å². The molecule has 0 aliphatic carbocycles. The van der Waals surface area contributed by atoms with E-state index in [1.54, 1.807) is 24.6 Å². The molecule has 2 rings (SSSR count). The third-order valence-electron chi connectivity index (χ3n) is 3.23. The zero-order valence-electron chi connectivity index (χ0n) is 13.9. The Bertz CT molecular complexity index is 767. The number of aryl methyl sites for hydroxylation is 1. The van der Waals surface area contributed by atoms with Crippen LogP contribution in [0.1, 0.15) is 24.5 Å². The molecule has 0 saturated heterocycles. The van der Waals surface area contributed by atoms with Crippen molar-refractivity contribution in [1.82, 2.24) is 15.4 Å². The summed E-state index contributed by atoms with van der Waals surface area (Å²) in [6, 6.07) is 7.06. The summed E-state index contributed by atoms with van der Waals surface area (Å²) >= 11 is 1.19. The molecule has 1 atom stereocenters. The minimum atomic E-state index is -3.43. The van der Waals surface area contributed by atoms with Gasteiger partial charge in [0.1, 0.15) is 15.7 Å². The van der Waals surface area contributed by atoms with Crippen LogP contribution in [-0.4, -0.2) is 34.5 Å². The number of sulfonamides is 1. The molecule has 0 radical (unpaired) electrons. The summed E-state index contributed by atoms with van der Waals surface area (Å²) < 4.78 is 32.4. The fourth-order valence-electron chi connectivity index (χ4n) is 2.01. The van der Waals surface area contributed by atoms with Crippen molar-refractivity contribution in [1.29, 1.82) is 0 Å². The van der Waals surface area contributed by atoms with Crippen LogP contribution in [0, 0.1) is 6.92 Å². The quantitative estimate of drug-likeness (QED) is 0.393. The molecule has 0 fully saturated rings. The highest BCUT2D eigenvalue weighted by Gasteiger charge is 2.14. The summed E-state index contributed by atoms with van der Waals surface area (Å²) in [5.74, 6) is 2.24. The van der Waals surface area contributed by atoms with Crippen molar-refractivity contribution in [2.75, 3.05) is 20.1 Å². The Balaban J connectivity index is 1.78. The number of aliphatic imine (C=N–C) groups is 1. The maximum absolute atomic E-state index is 12.0. The van der Waals surface area contributed by atoms with E-state index in [0.29, 0.717) is 16.7 Å². The average molecular weight is 371 g/mol. The van der Waals surface area contributed by atoms with Gasteiger partial charge < -0.3 is 15.1 Å². The number of furan rings is 1. The Morgan fingerprint density at radius 3 is 2.71 bits per heavy atom. The van der Waals surface area contributed by atoms with Crippen LogP contribution in [0.3, 0.4) is 0 Å². The van der Waals surface area contributed by atoms with E-state index in [-0.39, 0.29) is 12.6 Å². The highest BCUT2D eigenvalue weighted by molar-refractivity contribution is 7.91. The van der Waals surface area contributed by atoms with E-state index >= 15 is 0 Å². The SMILES string of the molecule is CN=C(NCCNS(=O)(=O)c1cccs1)NC(C)c1ccc(C)o1. The molecule has 0 spiro atoms. The number of hydrogen-bond acceptors (Lipinski definition) is 5. The standard InChI is InChI=1S/C15H22N4O3S2/c1-11-6-7-13(22-11)12(2)19-15(16-3)17-8-9-18-24(20,21)14-5-4-10-23-14/h4-7,10,12,18H,8-9H2,1-3H3,(H2,16,17,19). The van der Waals surface area contributed by atoms with Gasteiger partial charge in [-0.3, -0.25) is 4.99 Å². The maximum atomic E-state index is 12.0. The predicted octanol–water partition coefficient (Wildman–Crippen LogP) is 1.85. The van der Waals surface area contributed by atoms with E-state index in [9.17, 15) is 8.42 Å². The van der Waals surface area contributed by atoms with Gasteiger partial charge in [0.2, 0.25) is 10.0 Å². The van der Waals surface area contributed by atoms with Crippen LogP contribution in [0.5, 0.6) is 0 Å². The van der Waals surface area contributed by atoms with Crippen LogP contribution in [0.2, 0.25) is 0 Å². The number of guanidine groups is 1. The molecule has 0 bridgehead atoms. The lowest BCUT2D eigenvalue weighted by Gasteiger charge is -2.16. The number of rotatable bonds is 7. The Morgan fingerprint density at radius 1 is 1.33 bits per heavy atom.